The average molecular weight is 259 g/mol. The van der Waals surface area contributed by atoms with Crippen LogP contribution in [-0.4, -0.2) is 22.4 Å². The van der Waals surface area contributed by atoms with E-state index in [1.807, 2.05) is 0 Å². The highest BCUT2D eigenvalue weighted by Gasteiger charge is 2.14. The van der Waals surface area contributed by atoms with Gasteiger partial charge in [-0.3, -0.25) is 0 Å². The maximum atomic E-state index is 9.60. The number of rotatable bonds is 5. The molecule has 0 bridgehead atoms. The van der Waals surface area contributed by atoms with Gasteiger partial charge in [-0.05, 0) is 39.0 Å². The first-order chi connectivity index (χ1) is 7.79. The van der Waals surface area contributed by atoms with Crippen LogP contribution < -0.4 is 4.74 Å². The van der Waals surface area contributed by atoms with Gasteiger partial charge in [0.25, 0.3) is 0 Å². The second-order valence-corrected chi connectivity index (χ2v) is 5.21. The van der Waals surface area contributed by atoms with Crippen LogP contribution in [-0.2, 0) is 0 Å². The number of aliphatic hydroxyl groups is 2. The van der Waals surface area contributed by atoms with Crippen LogP contribution in [0.25, 0.3) is 0 Å². The zero-order valence-corrected chi connectivity index (χ0v) is 11.2. The Morgan fingerprint density at radius 3 is 2.59 bits per heavy atom. The summed E-state index contributed by atoms with van der Waals surface area (Å²) in [6.07, 6.45) is -0.111. The van der Waals surface area contributed by atoms with Gasteiger partial charge in [0.05, 0.1) is 18.3 Å². The number of aliphatic hydroxyl groups excluding tert-OH is 1. The highest BCUT2D eigenvalue weighted by atomic mass is 35.5. The molecule has 0 aliphatic rings. The van der Waals surface area contributed by atoms with Crippen molar-refractivity contribution in [3.63, 3.8) is 0 Å². The third-order valence-corrected chi connectivity index (χ3v) is 2.63. The van der Waals surface area contributed by atoms with Crippen LogP contribution in [0.4, 0.5) is 0 Å². The Kier molecular flexibility index (Phi) is 4.80. The highest BCUT2D eigenvalue weighted by molar-refractivity contribution is 6.30. The largest absolute Gasteiger partial charge is 0.493 e. The van der Waals surface area contributed by atoms with Crippen LogP contribution in [0, 0.1) is 0 Å². The predicted octanol–water partition coefficient (Wildman–Crippen LogP) is 2.93. The van der Waals surface area contributed by atoms with E-state index < -0.39 is 11.7 Å². The molecule has 1 aromatic rings. The minimum atomic E-state index is -0.753. The molecule has 1 atom stereocenters. The first-order valence-electron chi connectivity index (χ1n) is 5.62. The summed E-state index contributed by atoms with van der Waals surface area (Å²) in [6.45, 7) is 5.51. The lowest BCUT2D eigenvalue weighted by Crippen LogP contribution is -2.22. The van der Waals surface area contributed by atoms with Gasteiger partial charge in [-0.25, -0.2) is 0 Å². The molecule has 0 saturated carbocycles. The maximum absolute atomic E-state index is 9.60. The molecule has 0 aromatic heterocycles. The van der Waals surface area contributed by atoms with Crippen LogP contribution >= 0.6 is 11.6 Å². The molecule has 0 aliphatic carbocycles. The lowest BCUT2D eigenvalue weighted by Gasteiger charge is -2.19. The third kappa shape index (κ3) is 4.94. The van der Waals surface area contributed by atoms with E-state index in [-0.39, 0.29) is 0 Å². The standard InChI is InChI=1S/C13H19ClO3/c1-9(15)11-8-10(14)4-5-12(11)17-7-6-13(2,3)16/h4-5,8-9,15-16H,6-7H2,1-3H3/t9-/m0/s1. The number of hydrogen-bond acceptors (Lipinski definition) is 3. The second-order valence-electron chi connectivity index (χ2n) is 4.77. The molecule has 17 heavy (non-hydrogen) atoms. The van der Waals surface area contributed by atoms with E-state index in [4.69, 9.17) is 16.3 Å². The van der Waals surface area contributed by atoms with Crippen LogP contribution in [0.5, 0.6) is 5.75 Å². The summed E-state index contributed by atoms with van der Waals surface area (Å²) >= 11 is 5.86. The lowest BCUT2D eigenvalue weighted by atomic mass is 10.1. The Hall–Kier alpha value is -0.770. The second kappa shape index (κ2) is 5.71. The van der Waals surface area contributed by atoms with Crippen molar-refractivity contribution in [3.05, 3.63) is 28.8 Å². The van der Waals surface area contributed by atoms with Crippen molar-refractivity contribution in [2.45, 2.75) is 38.9 Å². The summed E-state index contributed by atoms with van der Waals surface area (Å²) in [4.78, 5) is 0. The molecule has 2 N–H and O–H groups in total. The monoisotopic (exact) mass is 258 g/mol. The molecule has 0 radical (unpaired) electrons. The predicted molar refractivity (Wildman–Crippen MR) is 68.5 cm³/mol. The quantitative estimate of drug-likeness (QED) is 0.854. The molecule has 0 aliphatic heterocycles. The van der Waals surface area contributed by atoms with Gasteiger partial charge in [0.1, 0.15) is 5.75 Å². The first-order valence-corrected chi connectivity index (χ1v) is 6.00. The fourth-order valence-electron chi connectivity index (χ4n) is 1.39. The van der Waals surface area contributed by atoms with E-state index in [1.165, 1.54) is 0 Å². The summed E-state index contributed by atoms with van der Waals surface area (Å²) in [7, 11) is 0. The zero-order valence-electron chi connectivity index (χ0n) is 10.4. The van der Waals surface area contributed by atoms with Gasteiger partial charge in [0, 0.05) is 17.0 Å². The molecule has 0 fully saturated rings. The molecule has 1 rings (SSSR count). The molecule has 96 valence electrons. The van der Waals surface area contributed by atoms with Crippen LogP contribution in [0.2, 0.25) is 5.02 Å². The summed E-state index contributed by atoms with van der Waals surface area (Å²) in [6, 6.07) is 5.13. The minimum absolute atomic E-state index is 0.394. The molecule has 3 nitrogen and oxygen atoms in total. The van der Waals surface area contributed by atoms with Gasteiger partial charge >= 0.3 is 0 Å². The molecular formula is C13H19ClO3. The normalized spacial score (nSPS) is 13.5. The molecular weight excluding hydrogens is 240 g/mol. The van der Waals surface area contributed by atoms with E-state index in [9.17, 15) is 10.2 Å². The van der Waals surface area contributed by atoms with Crippen molar-refractivity contribution in [2.75, 3.05) is 6.61 Å². The van der Waals surface area contributed by atoms with Crippen LogP contribution in [0.1, 0.15) is 38.9 Å². The van der Waals surface area contributed by atoms with Crippen molar-refractivity contribution in [2.24, 2.45) is 0 Å². The molecule has 0 unspecified atom stereocenters. The molecule has 1 aromatic carbocycles. The van der Waals surface area contributed by atoms with E-state index >= 15 is 0 Å². The molecule has 0 spiro atoms. The fraction of sp³-hybridized carbons (Fsp3) is 0.538. The number of halogens is 1. The van der Waals surface area contributed by atoms with Crippen molar-refractivity contribution in [3.8, 4) is 5.75 Å². The SMILES string of the molecule is C[C@H](O)c1cc(Cl)ccc1OCCC(C)(C)O. The number of benzene rings is 1. The smallest absolute Gasteiger partial charge is 0.125 e. The molecule has 0 amide bonds. The van der Waals surface area contributed by atoms with Gasteiger partial charge in [0.2, 0.25) is 0 Å². The Morgan fingerprint density at radius 1 is 1.41 bits per heavy atom. The van der Waals surface area contributed by atoms with Crippen molar-refractivity contribution < 1.29 is 14.9 Å². The van der Waals surface area contributed by atoms with Crippen molar-refractivity contribution in [1.29, 1.82) is 0 Å². The van der Waals surface area contributed by atoms with Gasteiger partial charge < -0.3 is 14.9 Å². The summed E-state index contributed by atoms with van der Waals surface area (Å²) in [5, 5.41) is 19.7. The van der Waals surface area contributed by atoms with E-state index in [0.717, 1.165) is 0 Å². The maximum Gasteiger partial charge on any atom is 0.125 e. The molecule has 0 heterocycles. The van der Waals surface area contributed by atoms with E-state index in [0.29, 0.717) is 29.4 Å². The van der Waals surface area contributed by atoms with Gasteiger partial charge in [-0.1, -0.05) is 11.6 Å². The van der Waals surface area contributed by atoms with Gasteiger partial charge in [0.15, 0.2) is 0 Å². The fourth-order valence-corrected chi connectivity index (χ4v) is 1.57. The Balaban J connectivity index is 2.70. The summed E-state index contributed by atoms with van der Waals surface area (Å²) in [5.41, 5.74) is -0.0921. The molecule has 4 heteroatoms. The van der Waals surface area contributed by atoms with Gasteiger partial charge in [-0.15, -0.1) is 0 Å². The summed E-state index contributed by atoms with van der Waals surface area (Å²) < 4.78 is 5.55. The topological polar surface area (TPSA) is 49.7 Å². The van der Waals surface area contributed by atoms with Crippen LogP contribution in [0.3, 0.4) is 0 Å². The first kappa shape index (κ1) is 14.3. The van der Waals surface area contributed by atoms with Gasteiger partial charge in [-0.2, -0.15) is 0 Å². The lowest BCUT2D eigenvalue weighted by molar-refractivity contribution is 0.0548. The van der Waals surface area contributed by atoms with Crippen molar-refractivity contribution in [1.82, 2.24) is 0 Å². The molecule has 0 saturated heterocycles. The zero-order chi connectivity index (χ0) is 13.1. The third-order valence-electron chi connectivity index (χ3n) is 2.39. The van der Waals surface area contributed by atoms with Crippen LogP contribution in [0.15, 0.2) is 18.2 Å². The Morgan fingerprint density at radius 2 is 2.06 bits per heavy atom. The Labute approximate surface area is 107 Å². The Bertz CT molecular complexity index is 369. The van der Waals surface area contributed by atoms with E-state index in [2.05, 4.69) is 0 Å². The number of ether oxygens (including phenoxy) is 1. The highest BCUT2D eigenvalue weighted by Crippen LogP contribution is 2.28. The van der Waals surface area contributed by atoms with Crippen molar-refractivity contribution >= 4 is 11.6 Å². The van der Waals surface area contributed by atoms with E-state index in [1.54, 1.807) is 39.0 Å². The number of hydrogen-bond donors (Lipinski definition) is 2. The minimum Gasteiger partial charge on any atom is -0.493 e. The summed E-state index contributed by atoms with van der Waals surface area (Å²) in [5.74, 6) is 0.605. The average Bonchev–Trinajstić information content (AvgIpc) is 2.18.